The van der Waals surface area contributed by atoms with Crippen molar-refractivity contribution in [3.8, 4) is 11.1 Å². The van der Waals surface area contributed by atoms with Gasteiger partial charge in [-0.1, -0.05) is 48.5 Å². The van der Waals surface area contributed by atoms with Gasteiger partial charge < -0.3 is 5.32 Å². The summed E-state index contributed by atoms with van der Waals surface area (Å²) >= 11 is 5.45. The topological polar surface area (TPSA) is 58.2 Å². The number of benzene rings is 2. The van der Waals surface area contributed by atoms with Crippen LogP contribution in [0.2, 0.25) is 0 Å². The third-order valence-electron chi connectivity index (χ3n) is 2.83. The molecule has 4 nitrogen and oxygen atoms in total. The van der Waals surface area contributed by atoms with Gasteiger partial charge in [-0.25, -0.2) is 4.79 Å². The Labute approximate surface area is 128 Å². The molecule has 108 valence electrons. The number of hydrogen-bond donors (Lipinski definition) is 2. The number of nitrogens with one attached hydrogen (secondary N) is 2. The molecule has 3 amide bonds. The molecule has 0 unspecified atom stereocenters. The van der Waals surface area contributed by atoms with Crippen LogP contribution in [0.4, 0.5) is 10.5 Å². The highest BCUT2D eigenvalue weighted by Crippen LogP contribution is 2.27. The van der Waals surface area contributed by atoms with E-state index in [1.807, 2.05) is 48.5 Å². The van der Waals surface area contributed by atoms with Crippen LogP contribution < -0.4 is 10.6 Å². The second-order valence-corrected chi connectivity index (χ2v) is 4.73. The van der Waals surface area contributed by atoms with E-state index in [0.717, 1.165) is 11.1 Å². The average Bonchev–Trinajstić information content (AvgIpc) is 2.48. The minimum Gasteiger partial charge on any atom is -0.307 e. The highest BCUT2D eigenvalue weighted by Gasteiger charge is 2.10. The van der Waals surface area contributed by atoms with Gasteiger partial charge in [-0.15, -0.1) is 11.6 Å². The molecule has 2 aromatic rings. The predicted octanol–water partition coefficient (Wildman–Crippen LogP) is 3.63. The Hall–Kier alpha value is -2.33. The first-order valence-electron chi connectivity index (χ1n) is 6.52. The first-order chi connectivity index (χ1) is 10.2. The Morgan fingerprint density at radius 1 is 0.952 bits per heavy atom. The molecule has 2 N–H and O–H groups in total. The van der Waals surface area contributed by atoms with Gasteiger partial charge in [0.25, 0.3) is 0 Å². The Bertz CT molecular complexity index is 629. The van der Waals surface area contributed by atoms with E-state index >= 15 is 0 Å². The second-order valence-electron chi connectivity index (χ2n) is 4.35. The van der Waals surface area contributed by atoms with Gasteiger partial charge in [0, 0.05) is 17.9 Å². The zero-order valence-electron chi connectivity index (χ0n) is 11.3. The molecular formula is C16H15ClN2O2. The Morgan fingerprint density at radius 2 is 1.62 bits per heavy atom. The highest BCUT2D eigenvalue weighted by atomic mass is 35.5. The maximum absolute atomic E-state index is 11.8. The van der Waals surface area contributed by atoms with Gasteiger partial charge in [0.2, 0.25) is 5.91 Å². The number of carbonyl (C=O) groups is 2. The smallest absolute Gasteiger partial charge is 0.307 e. The van der Waals surface area contributed by atoms with Gasteiger partial charge in [-0.3, -0.25) is 10.1 Å². The summed E-state index contributed by atoms with van der Waals surface area (Å²) in [5.74, 6) is -0.223. The van der Waals surface area contributed by atoms with Crippen molar-refractivity contribution >= 4 is 29.2 Å². The predicted molar refractivity (Wildman–Crippen MR) is 84.4 cm³/mol. The summed E-state index contributed by atoms with van der Waals surface area (Å²) in [5.41, 5.74) is 2.51. The van der Waals surface area contributed by atoms with Crippen LogP contribution in [0.3, 0.4) is 0 Å². The number of carbonyl (C=O) groups excluding carboxylic acids is 2. The maximum Gasteiger partial charge on any atom is 0.325 e. The summed E-state index contributed by atoms with van der Waals surface area (Å²) in [4.78, 5) is 23.1. The molecule has 0 aromatic heterocycles. The van der Waals surface area contributed by atoms with Crippen molar-refractivity contribution in [3.05, 3.63) is 54.6 Å². The summed E-state index contributed by atoms with van der Waals surface area (Å²) in [6.45, 7) is 0. The fraction of sp³-hybridized carbons (Fsp3) is 0.125. The normalized spacial score (nSPS) is 9.95. The molecule has 0 radical (unpaired) electrons. The van der Waals surface area contributed by atoms with Crippen molar-refractivity contribution in [2.75, 3.05) is 11.2 Å². The van der Waals surface area contributed by atoms with Crippen LogP contribution in [0.15, 0.2) is 54.6 Å². The zero-order chi connectivity index (χ0) is 15.1. The summed E-state index contributed by atoms with van der Waals surface area (Å²) in [6.07, 6.45) is 0.106. The average molecular weight is 303 g/mol. The molecule has 21 heavy (non-hydrogen) atoms. The van der Waals surface area contributed by atoms with E-state index in [2.05, 4.69) is 10.6 Å². The van der Waals surface area contributed by atoms with Crippen molar-refractivity contribution < 1.29 is 9.59 Å². The van der Waals surface area contributed by atoms with Crippen LogP contribution in [0, 0.1) is 0 Å². The van der Waals surface area contributed by atoms with Crippen molar-refractivity contribution in [1.29, 1.82) is 0 Å². The monoisotopic (exact) mass is 302 g/mol. The quantitative estimate of drug-likeness (QED) is 0.847. The Kier molecular flexibility index (Phi) is 5.35. The van der Waals surface area contributed by atoms with Crippen molar-refractivity contribution in [3.63, 3.8) is 0 Å². The number of urea groups is 1. The third kappa shape index (κ3) is 4.33. The van der Waals surface area contributed by atoms with Gasteiger partial charge in [-0.2, -0.15) is 0 Å². The molecular weight excluding hydrogens is 288 g/mol. The lowest BCUT2D eigenvalue weighted by molar-refractivity contribution is -0.119. The molecule has 2 aromatic carbocycles. The third-order valence-corrected chi connectivity index (χ3v) is 3.02. The zero-order valence-corrected chi connectivity index (χ0v) is 12.1. The molecule has 0 aliphatic rings. The molecule has 0 bridgehead atoms. The van der Waals surface area contributed by atoms with Gasteiger partial charge in [0.05, 0.1) is 5.69 Å². The molecule has 0 saturated carbocycles. The molecule has 0 atom stereocenters. The maximum atomic E-state index is 11.8. The summed E-state index contributed by atoms with van der Waals surface area (Å²) < 4.78 is 0. The van der Waals surface area contributed by atoms with Crippen molar-refractivity contribution in [1.82, 2.24) is 5.32 Å². The SMILES string of the molecule is O=C(CCCl)NC(=O)Nc1ccccc1-c1ccccc1. The second kappa shape index (κ2) is 7.45. The number of amides is 3. The fourth-order valence-corrected chi connectivity index (χ4v) is 2.06. The van der Waals surface area contributed by atoms with E-state index in [1.54, 1.807) is 6.07 Å². The van der Waals surface area contributed by atoms with Crippen molar-refractivity contribution in [2.24, 2.45) is 0 Å². The van der Waals surface area contributed by atoms with Crippen LogP contribution in [0.1, 0.15) is 6.42 Å². The lowest BCUT2D eigenvalue weighted by atomic mass is 10.0. The molecule has 0 aliphatic carbocycles. The van der Waals surface area contributed by atoms with E-state index in [4.69, 9.17) is 11.6 Å². The van der Waals surface area contributed by atoms with Crippen LogP contribution in [0.5, 0.6) is 0 Å². The first kappa shape index (κ1) is 15.1. The summed E-state index contributed by atoms with van der Waals surface area (Å²) in [7, 11) is 0. The van der Waals surface area contributed by atoms with Gasteiger partial charge in [-0.05, 0) is 11.6 Å². The van der Waals surface area contributed by atoms with Crippen LogP contribution in [-0.2, 0) is 4.79 Å². The van der Waals surface area contributed by atoms with E-state index in [0.29, 0.717) is 5.69 Å². The van der Waals surface area contributed by atoms with Crippen LogP contribution >= 0.6 is 11.6 Å². The summed E-state index contributed by atoms with van der Waals surface area (Å²) in [6, 6.07) is 16.5. The largest absolute Gasteiger partial charge is 0.325 e. The summed E-state index contributed by atoms with van der Waals surface area (Å²) in [5, 5.41) is 4.92. The molecule has 5 heteroatoms. The molecule has 0 fully saturated rings. The van der Waals surface area contributed by atoms with Crippen LogP contribution in [0.25, 0.3) is 11.1 Å². The molecule has 0 heterocycles. The number of alkyl halides is 1. The van der Waals surface area contributed by atoms with Gasteiger partial charge in [0.1, 0.15) is 0 Å². The number of rotatable bonds is 4. The first-order valence-corrected chi connectivity index (χ1v) is 7.05. The Morgan fingerprint density at radius 3 is 2.33 bits per heavy atom. The van der Waals surface area contributed by atoms with E-state index in [1.165, 1.54) is 0 Å². The van der Waals surface area contributed by atoms with E-state index < -0.39 is 11.9 Å². The minimum atomic E-state index is -0.562. The molecule has 0 aliphatic heterocycles. The van der Waals surface area contributed by atoms with Crippen LogP contribution in [-0.4, -0.2) is 17.8 Å². The number of hydrogen-bond acceptors (Lipinski definition) is 2. The molecule has 0 saturated heterocycles. The number of halogens is 1. The Balaban J connectivity index is 2.14. The van der Waals surface area contributed by atoms with E-state index in [9.17, 15) is 9.59 Å². The lowest BCUT2D eigenvalue weighted by Gasteiger charge is -2.11. The van der Waals surface area contributed by atoms with Crippen molar-refractivity contribution in [2.45, 2.75) is 6.42 Å². The number of para-hydroxylation sites is 1. The highest BCUT2D eigenvalue weighted by molar-refractivity contribution is 6.19. The van der Waals surface area contributed by atoms with E-state index in [-0.39, 0.29) is 12.3 Å². The van der Waals surface area contributed by atoms with Gasteiger partial charge in [0.15, 0.2) is 0 Å². The standard InChI is InChI=1S/C16H15ClN2O2/c17-11-10-15(20)19-16(21)18-14-9-5-4-8-13(14)12-6-2-1-3-7-12/h1-9H,10-11H2,(H2,18,19,20,21). The van der Waals surface area contributed by atoms with Gasteiger partial charge >= 0.3 is 6.03 Å². The number of anilines is 1. The fourth-order valence-electron chi connectivity index (χ4n) is 1.89. The minimum absolute atomic E-state index is 0.106. The molecule has 2 rings (SSSR count). The lowest BCUT2D eigenvalue weighted by Crippen LogP contribution is -2.34. The number of imide groups is 1. The molecule has 0 spiro atoms.